The number of aryl methyl sites for hydroxylation is 3. The van der Waals surface area contributed by atoms with Crippen LogP contribution in [0.2, 0.25) is 0 Å². The monoisotopic (exact) mass is 311 g/mol. The zero-order valence-electron chi connectivity index (χ0n) is 13.2. The third kappa shape index (κ3) is 3.04. The average molecular weight is 311 g/mol. The van der Waals surface area contributed by atoms with E-state index in [-0.39, 0.29) is 12.4 Å². The summed E-state index contributed by atoms with van der Waals surface area (Å²) < 4.78 is 10.7. The number of ketones is 1. The highest BCUT2D eigenvalue weighted by molar-refractivity contribution is 5.98. The van der Waals surface area contributed by atoms with Crippen molar-refractivity contribution in [2.24, 2.45) is 0 Å². The summed E-state index contributed by atoms with van der Waals surface area (Å²) in [6.07, 6.45) is 0. The Hall–Kier alpha value is -2.82. The second-order valence-electron chi connectivity index (χ2n) is 5.61. The van der Waals surface area contributed by atoms with Gasteiger partial charge in [0.1, 0.15) is 11.3 Å². The van der Waals surface area contributed by atoms with Gasteiger partial charge in [-0.2, -0.15) is 0 Å². The lowest BCUT2D eigenvalue weighted by atomic mass is 10.1. The van der Waals surface area contributed by atoms with Gasteiger partial charge in [0.05, 0.1) is 0 Å². The maximum absolute atomic E-state index is 12.2. The van der Waals surface area contributed by atoms with Gasteiger partial charge in [-0.1, -0.05) is 0 Å². The molecular formula is C18H17NO4. The van der Waals surface area contributed by atoms with E-state index >= 15 is 0 Å². The minimum atomic E-state index is -0.401. The normalized spacial score (nSPS) is 10.9. The molecule has 23 heavy (non-hydrogen) atoms. The van der Waals surface area contributed by atoms with E-state index in [1.165, 1.54) is 6.07 Å². The Labute approximate surface area is 132 Å². The van der Waals surface area contributed by atoms with Crippen molar-refractivity contribution >= 4 is 16.8 Å². The predicted molar refractivity (Wildman–Crippen MR) is 87.3 cm³/mol. The van der Waals surface area contributed by atoms with Crippen LogP contribution < -0.4 is 10.4 Å². The fraction of sp³-hybridized carbons (Fsp3) is 0.222. The number of nitrogens with one attached hydrogen (secondary N) is 1. The molecule has 0 unspecified atom stereocenters. The number of aromatic amines is 1. The second-order valence-corrected chi connectivity index (χ2v) is 5.61. The molecule has 0 fully saturated rings. The number of carbonyl (C=O) groups is 1. The van der Waals surface area contributed by atoms with Gasteiger partial charge in [0.2, 0.25) is 5.78 Å². The van der Waals surface area contributed by atoms with Gasteiger partial charge in [-0.3, -0.25) is 4.79 Å². The number of rotatable bonds is 4. The van der Waals surface area contributed by atoms with Crippen molar-refractivity contribution in [3.8, 4) is 5.75 Å². The average Bonchev–Trinajstić information content (AvgIpc) is 2.83. The molecule has 0 bridgehead atoms. The molecule has 2 heterocycles. The Morgan fingerprint density at radius 2 is 1.96 bits per heavy atom. The summed E-state index contributed by atoms with van der Waals surface area (Å²) in [6, 6.07) is 8.47. The molecule has 3 aromatic rings. The zero-order valence-corrected chi connectivity index (χ0v) is 13.2. The van der Waals surface area contributed by atoms with Gasteiger partial charge in [-0.25, -0.2) is 4.79 Å². The molecule has 0 radical (unpaired) electrons. The topological polar surface area (TPSA) is 72.3 Å². The molecule has 118 valence electrons. The molecule has 0 saturated heterocycles. The van der Waals surface area contributed by atoms with Crippen LogP contribution in [0.3, 0.4) is 0 Å². The van der Waals surface area contributed by atoms with E-state index in [4.69, 9.17) is 9.15 Å². The first-order valence-electron chi connectivity index (χ1n) is 7.31. The highest BCUT2D eigenvalue weighted by atomic mass is 16.5. The number of hydrogen-bond donors (Lipinski definition) is 1. The summed E-state index contributed by atoms with van der Waals surface area (Å²) in [5, 5.41) is 0.848. The van der Waals surface area contributed by atoms with Crippen LogP contribution >= 0.6 is 0 Å². The van der Waals surface area contributed by atoms with Crippen LogP contribution in [-0.4, -0.2) is 17.4 Å². The van der Waals surface area contributed by atoms with E-state index in [0.29, 0.717) is 16.9 Å². The molecule has 3 rings (SSSR count). The maximum atomic E-state index is 12.2. The molecule has 1 N–H and O–H groups in total. The molecule has 0 atom stereocenters. The Kier molecular flexibility index (Phi) is 3.78. The molecule has 0 aliphatic carbocycles. The number of H-pyrrole nitrogens is 1. The Balaban J connectivity index is 1.81. The number of Topliss-reactive ketones (excluding diaryl/α,β-unsaturated/α-hetero) is 1. The first-order chi connectivity index (χ1) is 10.9. The molecule has 1 aromatic carbocycles. The van der Waals surface area contributed by atoms with Crippen LogP contribution in [0.1, 0.15) is 27.3 Å². The Morgan fingerprint density at radius 3 is 2.65 bits per heavy atom. The molecule has 0 aliphatic heterocycles. The van der Waals surface area contributed by atoms with Gasteiger partial charge < -0.3 is 14.1 Å². The van der Waals surface area contributed by atoms with Gasteiger partial charge in [0.15, 0.2) is 6.61 Å². The van der Waals surface area contributed by atoms with Crippen LogP contribution in [0.5, 0.6) is 5.75 Å². The quantitative estimate of drug-likeness (QED) is 0.592. The summed E-state index contributed by atoms with van der Waals surface area (Å²) in [4.78, 5) is 26.7. The van der Waals surface area contributed by atoms with Gasteiger partial charge in [0.25, 0.3) is 0 Å². The summed E-state index contributed by atoms with van der Waals surface area (Å²) >= 11 is 0. The fourth-order valence-electron chi connectivity index (χ4n) is 2.64. The molecule has 2 aromatic heterocycles. The van der Waals surface area contributed by atoms with Crippen LogP contribution in [0.4, 0.5) is 0 Å². The van der Waals surface area contributed by atoms with E-state index in [0.717, 1.165) is 22.3 Å². The van der Waals surface area contributed by atoms with Crippen molar-refractivity contribution in [2.45, 2.75) is 20.8 Å². The van der Waals surface area contributed by atoms with Gasteiger partial charge >= 0.3 is 5.63 Å². The number of hydrogen-bond acceptors (Lipinski definition) is 4. The largest absolute Gasteiger partial charge is 0.485 e. The van der Waals surface area contributed by atoms with E-state index < -0.39 is 5.63 Å². The minimum Gasteiger partial charge on any atom is -0.485 e. The molecular weight excluding hydrogens is 294 g/mol. The standard InChI is InChI=1S/C18H17NO4/c1-10-6-18(21)23-17-8-13(4-5-14(10)17)22-9-16(20)15-7-11(2)19-12(15)3/h4-8,19H,9H2,1-3H3. The predicted octanol–water partition coefficient (Wildman–Crippen LogP) is 3.31. The molecule has 5 heteroatoms. The number of carbonyl (C=O) groups excluding carboxylic acids is 1. The van der Waals surface area contributed by atoms with Crippen molar-refractivity contribution in [3.05, 3.63) is 63.3 Å². The maximum Gasteiger partial charge on any atom is 0.336 e. The Bertz CT molecular complexity index is 949. The molecule has 0 spiro atoms. The second kappa shape index (κ2) is 5.76. The summed E-state index contributed by atoms with van der Waals surface area (Å²) in [6.45, 7) is 5.53. The third-order valence-electron chi connectivity index (χ3n) is 3.74. The van der Waals surface area contributed by atoms with E-state index in [2.05, 4.69) is 4.98 Å². The molecule has 0 saturated carbocycles. The van der Waals surface area contributed by atoms with Crippen molar-refractivity contribution in [3.63, 3.8) is 0 Å². The lowest BCUT2D eigenvalue weighted by Gasteiger charge is -2.07. The number of aromatic nitrogens is 1. The van der Waals surface area contributed by atoms with Gasteiger partial charge in [-0.15, -0.1) is 0 Å². The highest BCUT2D eigenvalue weighted by Gasteiger charge is 2.13. The lowest BCUT2D eigenvalue weighted by molar-refractivity contribution is 0.0921. The highest BCUT2D eigenvalue weighted by Crippen LogP contribution is 2.22. The smallest absolute Gasteiger partial charge is 0.336 e. The molecule has 0 aliphatic rings. The number of fused-ring (bicyclic) bond motifs is 1. The van der Waals surface area contributed by atoms with Crippen LogP contribution in [0.15, 0.2) is 39.5 Å². The van der Waals surface area contributed by atoms with Gasteiger partial charge in [0, 0.05) is 34.5 Å². The van der Waals surface area contributed by atoms with Crippen molar-refractivity contribution in [1.82, 2.24) is 4.98 Å². The van der Waals surface area contributed by atoms with Crippen molar-refractivity contribution in [2.75, 3.05) is 6.61 Å². The summed E-state index contributed by atoms with van der Waals surface area (Å²) in [7, 11) is 0. The molecule has 0 amide bonds. The van der Waals surface area contributed by atoms with Crippen molar-refractivity contribution in [1.29, 1.82) is 0 Å². The van der Waals surface area contributed by atoms with Crippen LogP contribution in [0.25, 0.3) is 11.0 Å². The van der Waals surface area contributed by atoms with E-state index in [1.807, 2.05) is 32.9 Å². The first kappa shape index (κ1) is 15.1. The SMILES string of the molecule is Cc1cc(C(=O)COc2ccc3c(C)cc(=O)oc3c2)c(C)[nH]1. The van der Waals surface area contributed by atoms with Crippen molar-refractivity contribution < 1.29 is 13.9 Å². The van der Waals surface area contributed by atoms with Gasteiger partial charge in [-0.05, 0) is 44.5 Å². The lowest BCUT2D eigenvalue weighted by Crippen LogP contribution is -2.12. The fourth-order valence-corrected chi connectivity index (χ4v) is 2.64. The van der Waals surface area contributed by atoms with E-state index in [9.17, 15) is 9.59 Å². The summed E-state index contributed by atoms with van der Waals surface area (Å²) in [5.74, 6) is 0.391. The van der Waals surface area contributed by atoms with E-state index in [1.54, 1.807) is 12.1 Å². The number of ether oxygens (including phenoxy) is 1. The van der Waals surface area contributed by atoms with Crippen LogP contribution in [0, 0.1) is 20.8 Å². The number of benzene rings is 1. The van der Waals surface area contributed by atoms with Crippen LogP contribution in [-0.2, 0) is 0 Å². The Morgan fingerprint density at radius 1 is 1.17 bits per heavy atom. The minimum absolute atomic E-state index is 0.0698. The molecule has 5 nitrogen and oxygen atoms in total. The third-order valence-corrected chi connectivity index (χ3v) is 3.74. The zero-order chi connectivity index (χ0) is 16.6. The summed E-state index contributed by atoms with van der Waals surface area (Å²) in [5.41, 5.74) is 3.29. The first-order valence-corrected chi connectivity index (χ1v) is 7.31.